The van der Waals surface area contributed by atoms with E-state index in [1.165, 1.54) is 12.3 Å². The highest BCUT2D eigenvalue weighted by Crippen LogP contribution is 2.72. The topological polar surface area (TPSA) is 107 Å². The average Bonchev–Trinajstić information content (AvgIpc) is 3.56. The zero-order valence-electron chi connectivity index (χ0n) is 23.3. The molecule has 0 saturated heterocycles. The number of aliphatic hydroxyl groups excluding tert-OH is 1. The summed E-state index contributed by atoms with van der Waals surface area (Å²) < 4.78 is 11.7. The molecule has 3 fully saturated rings. The molecule has 2 aromatic rings. The van der Waals surface area contributed by atoms with E-state index in [9.17, 15) is 19.5 Å². The summed E-state index contributed by atoms with van der Waals surface area (Å²) >= 11 is 8.68. The molecular formula is C32H34ClNO6S. The molecule has 216 valence electrons. The van der Waals surface area contributed by atoms with Gasteiger partial charge in [-0.3, -0.25) is 14.6 Å². The number of allylic oxidation sites excluding steroid dienone is 4. The molecule has 0 bridgehead atoms. The van der Waals surface area contributed by atoms with E-state index in [1.807, 2.05) is 45.0 Å². The van der Waals surface area contributed by atoms with Crippen LogP contribution in [0.15, 0.2) is 71.0 Å². The molecule has 2 heterocycles. The van der Waals surface area contributed by atoms with E-state index in [-0.39, 0.29) is 40.8 Å². The van der Waals surface area contributed by atoms with Gasteiger partial charge in [-0.15, -0.1) is 11.6 Å². The van der Waals surface area contributed by atoms with Gasteiger partial charge in [-0.05, 0) is 73.9 Å². The smallest absolute Gasteiger partial charge is 0.375 e. The lowest BCUT2D eigenvalue weighted by Gasteiger charge is -2.64. The Bertz CT molecular complexity index is 1440. The van der Waals surface area contributed by atoms with E-state index in [2.05, 4.69) is 4.98 Å². The molecule has 1 N–H and O–H groups in total. The first kappa shape index (κ1) is 28.4. The van der Waals surface area contributed by atoms with Crippen LogP contribution in [0, 0.1) is 28.6 Å². The van der Waals surface area contributed by atoms with Gasteiger partial charge in [0.1, 0.15) is 0 Å². The lowest BCUT2D eigenvalue weighted by atomic mass is 9.46. The predicted molar refractivity (Wildman–Crippen MR) is 155 cm³/mol. The monoisotopic (exact) mass is 595 g/mol. The third kappa shape index (κ3) is 3.97. The quantitative estimate of drug-likeness (QED) is 0.335. The fourth-order valence-corrected chi connectivity index (χ4v) is 10.2. The maximum atomic E-state index is 14.4. The molecule has 9 heteroatoms. The van der Waals surface area contributed by atoms with Crippen molar-refractivity contribution in [2.45, 2.75) is 68.8 Å². The fraction of sp³-hybridized carbons (Fsp3) is 0.500. The minimum Gasteiger partial charge on any atom is -0.457 e. The van der Waals surface area contributed by atoms with E-state index in [0.717, 1.165) is 23.0 Å². The van der Waals surface area contributed by atoms with Gasteiger partial charge in [0.2, 0.25) is 10.9 Å². The highest BCUT2D eigenvalue weighted by Gasteiger charge is 2.76. The first-order valence-corrected chi connectivity index (χ1v) is 15.5. The van der Waals surface area contributed by atoms with Crippen molar-refractivity contribution in [2.75, 3.05) is 0 Å². The predicted octanol–water partition coefficient (Wildman–Crippen LogP) is 5.92. The van der Waals surface area contributed by atoms with Crippen molar-refractivity contribution in [1.29, 1.82) is 0 Å². The normalized spacial score (nSPS) is 39.3. The van der Waals surface area contributed by atoms with Crippen LogP contribution in [-0.2, 0) is 20.1 Å². The molecule has 4 unspecified atom stereocenters. The molecule has 3 saturated carbocycles. The number of pyridine rings is 1. The van der Waals surface area contributed by atoms with Crippen molar-refractivity contribution in [1.82, 2.24) is 4.98 Å². The number of carbonyl (C=O) groups is 3. The van der Waals surface area contributed by atoms with Crippen LogP contribution in [-0.4, -0.2) is 43.5 Å². The second-order valence-corrected chi connectivity index (χ2v) is 14.0. The molecule has 4 aliphatic rings. The van der Waals surface area contributed by atoms with Crippen LogP contribution >= 0.6 is 23.4 Å². The van der Waals surface area contributed by atoms with Crippen LogP contribution in [0.1, 0.15) is 62.7 Å². The zero-order chi connectivity index (χ0) is 29.2. The van der Waals surface area contributed by atoms with Crippen molar-refractivity contribution in [2.24, 2.45) is 28.6 Å². The van der Waals surface area contributed by atoms with Gasteiger partial charge in [-0.1, -0.05) is 50.2 Å². The Hall–Kier alpha value is -2.68. The Balaban J connectivity index is 1.42. The van der Waals surface area contributed by atoms with Crippen LogP contribution in [0.2, 0.25) is 0 Å². The SMILES string of the molecule is C[C@@H]1CC2C3CCC4=CC(=O)C=CC4(C)[C@@]3(Cl)[C@@H](O)CC2(C)[C@@]1(OC(=O)c1ccco1)C(=O)SCc1ccccn1. The van der Waals surface area contributed by atoms with E-state index >= 15 is 0 Å². The summed E-state index contributed by atoms with van der Waals surface area (Å²) in [5.74, 6) is -1.08. The van der Waals surface area contributed by atoms with Gasteiger partial charge in [-0.2, -0.15) is 0 Å². The minimum absolute atomic E-state index is 0.0196. The van der Waals surface area contributed by atoms with Gasteiger partial charge in [0, 0.05) is 28.7 Å². The van der Waals surface area contributed by atoms with Gasteiger partial charge in [0.15, 0.2) is 11.4 Å². The minimum atomic E-state index is -1.53. The Morgan fingerprint density at radius 1 is 1.22 bits per heavy atom. The molecule has 6 rings (SSSR count). The lowest BCUT2D eigenvalue weighted by Crippen LogP contribution is -2.69. The summed E-state index contributed by atoms with van der Waals surface area (Å²) in [7, 11) is 0. The average molecular weight is 596 g/mol. The van der Waals surface area contributed by atoms with Crippen LogP contribution in [0.4, 0.5) is 0 Å². The van der Waals surface area contributed by atoms with E-state index in [0.29, 0.717) is 25.0 Å². The molecular weight excluding hydrogens is 562 g/mol. The summed E-state index contributed by atoms with van der Waals surface area (Å²) in [6.07, 6.45) is 9.19. The van der Waals surface area contributed by atoms with E-state index in [4.69, 9.17) is 20.8 Å². The number of nitrogens with zero attached hydrogens (tertiary/aromatic N) is 1. The Kier molecular flexibility index (Phi) is 6.91. The molecule has 0 spiro atoms. The molecule has 7 nitrogen and oxygen atoms in total. The number of esters is 1. The molecule has 0 amide bonds. The standard InChI is InChI=1S/C32H34ClNO6S/c1-19-15-24-23-10-9-20-16-22(35)11-12-29(20,2)31(23,33)26(36)17-30(24,3)32(19,40-27(37)25-8-6-14-39-25)28(38)41-18-21-7-4-5-13-34-21/h4-8,11-14,16,19,23-24,26,36H,9-10,15,17-18H2,1-3H3/t19-,23?,24?,26+,29?,30?,31+,32+/m1/s1. The van der Waals surface area contributed by atoms with Crippen molar-refractivity contribution < 1.29 is 28.6 Å². The van der Waals surface area contributed by atoms with Gasteiger partial charge in [0.25, 0.3) is 0 Å². The number of ether oxygens (including phenoxy) is 1. The second kappa shape index (κ2) is 9.96. The van der Waals surface area contributed by atoms with Gasteiger partial charge < -0.3 is 14.3 Å². The van der Waals surface area contributed by atoms with Crippen LogP contribution in [0.25, 0.3) is 0 Å². The van der Waals surface area contributed by atoms with E-state index in [1.54, 1.807) is 24.4 Å². The summed E-state index contributed by atoms with van der Waals surface area (Å²) in [5, 5.41) is 11.7. The van der Waals surface area contributed by atoms with Crippen molar-refractivity contribution in [3.8, 4) is 0 Å². The first-order valence-electron chi connectivity index (χ1n) is 14.1. The lowest BCUT2D eigenvalue weighted by molar-refractivity contribution is -0.172. The Morgan fingerprint density at radius 2 is 2.02 bits per heavy atom. The number of alkyl halides is 1. The van der Waals surface area contributed by atoms with Crippen LogP contribution in [0.5, 0.6) is 0 Å². The molecule has 4 aliphatic carbocycles. The van der Waals surface area contributed by atoms with Crippen molar-refractivity contribution >= 4 is 40.2 Å². The molecule has 0 aromatic carbocycles. The molecule has 8 atom stereocenters. The maximum Gasteiger partial charge on any atom is 0.375 e. The third-order valence-electron chi connectivity index (χ3n) is 10.5. The number of thioether (sulfide) groups is 1. The summed E-state index contributed by atoms with van der Waals surface area (Å²) in [4.78, 5) is 43.4. The van der Waals surface area contributed by atoms with Crippen molar-refractivity contribution in [3.05, 3.63) is 78.0 Å². The number of fused-ring (bicyclic) bond motifs is 5. The van der Waals surface area contributed by atoms with Crippen LogP contribution in [0.3, 0.4) is 0 Å². The number of carbonyl (C=O) groups excluding carboxylic acids is 3. The van der Waals surface area contributed by atoms with Crippen molar-refractivity contribution in [3.63, 3.8) is 0 Å². The fourth-order valence-electron chi connectivity index (χ4n) is 8.55. The molecule has 2 aromatic heterocycles. The number of hydrogen-bond donors (Lipinski definition) is 1. The largest absolute Gasteiger partial charge is 0.457 e. The van der Waals surface area contributed by atoms with Crippen LogP contribution < -0.4 is 0 Å². The maximum absolute atomic E-state index is 14.4. The number of ketones is 1. The van der Waals surface area contributed by atoms with Gasteiger partial charge >= 0.3 is 5.97 Å². The number of rotatable bonds is 5. The van der Waals surface area contributed by atoms with E-state index < -0.39 is 33.4 Å². The number of hydrogen-bond acceptors (Lipinski definition) is 8. The molecule has 41 heavy (non-hydrogen) atoms. The first-order chi connectivity index (χ1) is 19.5. The summed E-state index contributed by atoms with van der Waals surface area (Å²) in [5.41, 5.74) is -1.48. The highest BCUT2D eigenvalue weighted by atomic mass is 35.5. The number of aliphatic hydroxyl groups is 1. The molecule has 0 aliphatic heterocycles. The second-order valence-electron chi connectivity index (χ2n) is 12.4. The highest BCUT2D eigenvalue weighted by molar-refractivity contribution is 8.13. The Labute approximate surface area is 248 Å². The molecule has 0 radical (unpaired) electrons. The third-order valence-corrected chi connectivity index (χ3v) is 12.5. The Morgan fingerprint density at radius 3 is 2.73 bits per heavy atom. The number of aromatic nitrogens is 1. The summed E-state index contributed by atoms with van der Waals surface area (Å²) in [6.45, 7) is 5.93. The van der Waals surface area contributed by atoms with Gasteiger partial charge in [-0.25, -0.2) is 4.79 Å². The number of halogens is 1. The van der Waals surface area contributed by atoms with Gasteiger partial charge in [0.05, 0.1) is 22.9 Å². The zero-order valence-corrected chi connectivity index (χ0v) is 24.9. The summed E-state index contributed by atoms with van der Waals surface area (Å²) in [6, 6.07) is 8.66. The number of furan rings is 1.